The number of methoxy groups -OCH3 is 1. The van der Waals surface area contributed by atoms with Crippen LogP contribution in [-0.2, 0) is 26.2 Å². The number of hydrogen-bond donors (Lipinski definition) is 1. The number of anilines is 1. The van der Waals surface area contributed by atoms with Crippen LogP contribution in [0.3, 0.4) is 0 Å². The minimum Gasteiger partial charge on any atom is -0.497 e. The van der Waals surface area contributed by atoms with Gasteiger partial charge in [-0.2, -0.15) is 0 Å². The van der Waals surface area contributed by atoms with Gasteiger partial charge in [0.15, 0.2) is 0 Å². The molecule has 0 spiro atoms. The van der Waals surface area contributed by atoms with Crippen LogP contribution < -0.4 is 14.4 Å². The molecule has 1 atom stereocenters. The van der Waals surface area contributed by atoms with Gasteiger partial charge in [0, 0.05) is 13.6 Å². The maximum atomic E-state index is 13.8. The van der Waals surface area contributed by atoms with Crippen molar-refractivity contribution in [1.29, 1.82) is 0 Å². The van der Waals surface area contributed by atoms with E-state index >= 15 is 0 Å². The molecule has 196 valence electrons. The monoisotopic (exact) mass is 523 g/mol. The Morgan fingerprint density at radius 3 is 2.30 bits per heavy atom. The topological polar surface area (TPSA) is 96.0 Å². The van der Waals surface area contributed by atoms with E-state index in [0.29, 0.717) is 17.0 Å². The van der Waals surface area contributed by atoms with Gasteiger partial charge >= 0.3 is 0 Å². The zero-order valence-electron chi connectivity index (χ0n) is 21.8. The molecule has 1 N–H and O–H groups in total. The Morgan fingerprint density at radius 1 is 0.973 bits per heavy atom. The molecule has 0 aliphatic carbocycles. The van der Waals surface area contributed by atoms with Crippen molar-refractivity contribution in [2.45, 2.75) is 38.3 Å². The fraction of sp³-hybridized carbons (Fsp3) is 0.286. The average Bonchev–Trinajstić information content (AvgIpc) is 2.90. The number of carbonyl (C=O) groups is 2. The number of ether oxygens (including phenoxy) is 1. The van der Waals surface area contributed by atoms with Gasteiger partial charge < -0.3 is 15.0 Å². The highest BCUT2D eigenvalue weighted by molar-refractivity contribution is 7.92. The smallest absolute Gasteiger partial charge is 0.264 e. The summed E-state index contributed by atoms with van der Waals surface area (Å²) < 4.78 is 34.0. The van der Waals surface area contributed by atoms with Crippen molar-refractivity contribution < 1.29 is 22.7 Å². The minimum atomic E-state index is -4.09. The van der Waals surface area contributed by atoms with E-state index in [-0.39, 0.29) is 17.3 Å². The number of likely N-dealkylation sites (N-methyl/N-ethyl adjacent to an activating group) is 1. The van der Waals surface area contributed by atoms with Gasteiger partial charge in [-0.15, -0.1) is 0 Å². The number of rotatable bonds is 10. The van der Waals surface area contributed by atoms with Crippen LogP contribution in [0.15, 0.2) is 77.7 Å². The molecule has 37 heavy (non-hydrogen) atoms. The third-order valence-corrected chi connectivity index (χ3v) is 7.91. The molecule has 0 fully saturated rings. The molecular weight excluding hydrogens is 490 g/mol. The molecule has 0 aliphatic heterocycles. The Kier molecular flexibility index (Phi) is 8.94. The molecule has 0 unspecified atom stereocenters. The second-order valence-corrected chi connectivity index (χ2v) is 10.6. The normalized spacial score (nSPS) is 11.9. The van der Waals surface area contributed by atoms with Gasteiger partial charge in [0.2, 0.25) is 11.8 Å². The molecular formula is C28H33N3O5S. The third-order valence-electron chi connectivity index (χ3n) is 6.13. The average molecular weight is 524 g/mol. The summed E-state index contributed by atoms with van der Waals surface area (Å²) in [5.74, 6) is -0.264. The summed E-state index contributed by atoms with van der Waals surface area (Å²) in [4.78, 5) is 27.8. The van der Waals surface area contributed by atoms with E-state index in [1.54, 1.807) is 56.5 Å². The number of sulfonamides is 1. The maximum Gasteiger partial charge on any atom is 0.264 e. The molecule has 0 saturated heterocycles. The first-order valence-electron chi connectivity index (χ1n) is 11.9. The Bertz CT molecular complexity index is 1360. The molecule has 0 heterocycles. The van der Waals surface area contributed by atoms with Crippen molar-refractivity contribution >= 4 is 27.5 Å². The maximum absolute atomic E-state index is 13.8. The third kappa shape index (κ3) is 6.48. The number of aryl methyl sites for hydroxylation is 2. The second-order valence-electron chi connectivity index (χ2n) is 8.78. The molecule has 3 aromatic rings. The van der Waals surface area contributed by atoms with Crippen molar-refractivity contribution in [3.63, 3.8) is 0 Å². The SMILES string of the molecule is CNC(=O)[C@@H](C)N(Cc1cccc(OC)c1)C(=O)CN(c1ccc(C)cc1C)S(=O)(=O)c1ccccc1. The lowest BCUT2D eigenvalue weighted by Gasteiger charge is -2.32. The minimum absolute atomic E-state index is 0.0708. The van der Waals surface area contributed by atoms with Gasteiger partial charge in [-0.3, -0.25) is 13.9 Å². The first kappa shape index (κ1) is 27.7. The fourth-order valence-electron chi connectivity index (χ4n) is 4.08. The van der Waals surface area contributed by atoms with Crippen LogP contribution in [0.5, 0.6) is 5.75 Å². The zero-order valence-corrected chi connectivity index (χ0v) is 22.6. The number of hydrogen-bond acceptors (Lipinski definition) is 5. The van der Waals surface area contributed by atoms with E-state index in [9.17, 15) is 18.0 Å². The molecule has 0 aliphatic rings. The quantitative estimate of drug-likeness (QED) is 0.438. The van der Waals surface area contributed by atoms with Gasteiger partial charge in [-0.25, -0.2) is 8.42 Å². The fourth-order valence-corrected chi connectivity index (χ4v) is 5.58. The summed E-state index contributed by atoms with van der Waals surface area (Å²) in [5.41, 5.74) is 2.83. The summed E-state index contributed by atoms with van der Waals surface area (Å²) in [5, 5.41) is 2.58. The predicted octanol–water partition coefficient (Wildman–Crippen LogP) is 3.67. The van der Waals surface area contributed by atoms with E-state index in [1.165, 1.54) is 24.1 Å². The number of nitrogens with one attached hydrogen (secondary N) is 1. The van der Waals surface area contributed by atoms with Crippen LogP contribution in [0.2, 0.25) is 0 Å². The van der Waals surface area contributed by atoms with Crippen molar-refractivity contribution in [3.8, 4) is 5.75 Å². The number of nitrogens with zero attached hydrogens (tertiary/aromatic N) is 2. The summed E-state index contributed by atoms with van der Waals surface area (Å²) in [6.45, 7) is 4.95. The van der Waals surface area contributed by atoms with Crippen LogP contribution in [0, 0.1) is 13.8 Å². The Morgan fingerprint density at radius 2 is 1.68 bits per heavy atom. The molecule has 3 aromatic carbocycles. The Labute approximate surface area is 218 Å². The van der Waals surface area contributed by atoms with Gasteiger partial charge in [0.05, 0.1) is 17.7 Å². The summed E-state index contributed by atoms with van der Waals surface area (Å²) in [6, 6.07) is 19.7. The highest BCUT2D eigenvalue weighted by Crippen LogP contribution is 2.28. The van der Waals surface area contributed by atoms with E-state index in [0.717, 1.165) is 15.4 Å². The highest BCUT2D eigenvalue weighted by atomic mass is 32.2. The lowest BCUT2D eigenvalue weighted by molar-refractivity contribution is -0.139. The van der Waals surface area contributed by atoms with Crippen LogP contribution in [0.1, 0.15) is 23.6 Å². The molecule has 0 saturated carbocycles. The second kappa shape index (κ2) is 11.9. The molecule has 0 aromatic heterocycles. The number of carbonyl (C=O) groups excluding carboxylic acids is 2. The van der Waals surface area contributed by atoms with Gasteiger partial charge in [0.25, 0.3) is 10.0 Å². The van der Waals surface area contributed by atoms with Crippen LogP contribution in [0.25, 0.3) is 0 Å². The van der Waals surface area contributed by atoms with Crippen molar-refractivity contribution in [2.24, 2.45) is 0 Å². The lowest BCUT2D eigenvalue weighted by Crippen LogP contribution is -2.50. The van der Waals surface area contributed by atoms with Gasteiger partial charge in [0.1, 0.15) is 18.3 Å². The summed E-state index contributed by atoms with van der Waals surface area (Å²) in [7, 11) is -1.05. The van der Waals surface area contributed by atoms with Crippen LogP contribution >= 0.6 is 0 Å². The molecule has 8 nitrogen and oxygen atoms in total. The molecule has 0 bridgehead atoms. The van der Waals surface area contributed by atoms with Gasteiger partial charge in [-0.1, -0.05) is 48.0 Å². The first-order chi connectivity index (χ1) is 17.6. The molecule has 2 amide bonds. The first-order valence-corrected chi connectivity index (χ1v) is 13.3. The van der Waals surface area contributed by atoms with Crippen molar-refractivity contribution in [1.82, 2.24) is 10.2 Å². The van der Waals surface area contributed by atoms with E-state index < -0.39 is 28.5 Å². The molecule has 9 heteroatoms. The largest absolute Gasteiger partial charge is 0.497 e. The van der Waals surface area contributed by atoms with Crippen LogP contribution in [0.4, 0.5) is 5.69 Å². The van der Waals surface area contributed by atoms with E-state index in [1.807, 2.05) is 32.0 Å². The van der Waals surface area contributed by atoms with E-state index in [2.05, 4.69) is 5.32 Å². The lowest BCUT2D eigenvalue weighted by atomic mass is 10.1. The Hall–Kier alpha value is -3.85. The number of amides is 2. The Balaban J connectivity index is 2.06. The van der Waals surface area contributed by atoms with E-state index in [4.69, 9.17) is 4.74 Å². The van der Waals surface area contributed by atoms with Crippen LogP contribution in [-0.4, -0.2) is 51.9 Å². The zero-order chi connectivity index (χ0) is 27.2. The van der Waals surface area contributed by atoms with Crippen molar-refractivity contribution in [2.75, 3.05) is 25.0 Å². The number of benzene rings is 3. The molecule has 3 rings (SSSR count). The molecule has 0 radical (unpaired) electrons. The summed E-state index contributed by atoms with van der Waals surface area (Å²) >= 11 is 0. The highest BCUT2D eigenvalue weighted by Gasteiger charge is 2.32. The standard InChI is InChI=1S/C28H33N3O5S/c1-20-14-15-26(21(2)16-20)31(37(34,35)25-12-7-6-8-13-25)19-27(32)30(22(3)28(33)29-4)18-23-10-9-11-24(17-23)36-5/h6-17,22H,18-19H2,1-5H3,(H,29,33)/t22-/m1/s1. The predicted molar refractivity (Wildman–Crippen MR) is 144 cm³/mol. The summed E-state index contributed by atoms with van der Waals surface area (Å²) in [6.07, 6.45) is 0. The van der Waals surface area contributed by atoms with Gasteiger partial charge in [-0.05, 0) is 62.2 Å². The van der Waals surface area contributed by atoms with Crippen molar-refractivity contribution in [3.05, 3.63) is 89.5 Å².